The number of carbonyl (C=O) groups is 1. The fourth-order valence-corrected chi connectivity index (χ4v) is 3.69. The lowest BCUT2D eigenvalue weighted by atomic mass is 9.74. The Bertz CT molecular complexity index is 899. The summed E-state index contributed by atoms with van der Waals surface area (Å²) in [5, 5.41) is 12.8. The third-order valence-corrected chi connectivity index (χ3v) is 5.35. The molecule has 2 N–H and O–H groups in total. The first-order valence-electron chi connectivity index (χ1n) is 8.92. The molecule has 2 aliphatic rings. The molecule has 1 atom stereocenters. The summed E-state index contributed by atoms with van der Waals surface area (Å²) in [6.07, 6.45) is 3.48. The molecule has 1 saturated carbocycles. The Morgan fingerprint density at radius 1 is 1.31 bits per heavy atom. The highest BCUT2D eigenvalue weighted by Gasteiger charge is 2.36. The van der Waals surface area contributed by atoms with Gasteiger partial charge in [-0.1, -0.05) is 6.07 Å². The van der Waals surface area contributed by atoms with Gasteiger partial charge in [0.15, 0.2) is 0 Å². The van der Waals surface area contributed by atoms with Gasteiger partial charge in [0.1, 0.15) is 5.75 Å². The van der Waals surface area contributed by atoms with Gasteiger partial charge in [-0.15, -0.1) is 0 Å². The number of ether oxygens (including phenoxy) is 1. The van der Waals surface area contributed by atoms with E-state index in [1.807, 2.05) is 12.1 Å². The van der Waals surface area contributed by atoms with Crippen LogP contribution in [0.25, 0.3) is 0 Å². The molecule has 1 fully saturated rings. The second-order valence-electron chi connectivity index (χ2n) is 7.17. The molecule has 0 radical (unpaired) electrons. The lowest BCUT2D eigenvalue weighted by molar-refractivity contribution is 0.0235. The van der Waals surface area contributed by atoms with Crippen LogP contribution in [-0.2, 0) is 13.5 Å². The Hall–Kier alpha value is -2.60. The average molecular weight is 354 g/mol. The standard InChI is InChI=1S/C20H22N2O4/c1-22-6-4-14(11-18(22)24)20(25)21-19(15-9-16(23)10-15)13-2-3-17-12(8-13)5-7-26-17/h2-4,6,8,11,15-16,19,23H,5,7,9-10H2,1H3,(H,21,25)/t15?,16?,19-/m0/s1. The Labute approximate surface area is 151 Å². The minimum atomic E-state index is -0.304. The molecule has 1 aliphatic heterocycles. The number of hydrogen-bond acceptors (Lipinski definition) is 4. The molecule has 0 spiro atoms. The van der Waals surface area contributed by atoms with Crippen molar-refractivity contribution in [1.29, 1.82) is 0 Å². The zero-order valence-corrected chi connectivity index (χ0v) is 14.6. The number of rotatable bonds is 4. The highest BCUT2D eigenvalue weighted by molar-refractivity contribution is 5.94. The summed E-state index contributed by atoms with van der Waals surface area (Å²) < 4.78 is 6.99. The molecule has 1 amide bonds. The van der Waals surface area contributed by atoms with Gasteiger partial charge in [0, 0.05) is 31.3 Å². The number of benzene rings is 1. The van der Waals surface area contributed by atoms with Crippen molar-refractivity contribution in [2.75, 3.05) is 6.61 Å². The molecule has 4 rings (SSSR count). The fourth-order valence-electron chi connectivity index (χ4n) is 3.69. The Balaban J connectivity index is 1.60. The van der Waals surface area contributed by atoms with E-state index in [0.29, 0.717) is 25.0 Å². The first kappa shape index (κ1) is 16.8. The number of aliphatic hydroxyl groups excluding tert-OH is 1. The quantitative estimate of drug-likeness (QED) is 0.873. The van der Waals surface area contributed by atoms with Gasteiger partial charge < -0.3 is 19.7 Å². The van der Waals surface area contributed by atoms with Crippen molar-refractivity contribution < 1.29 is 14.6 Å². The molecule has 0 bridgehead atoms. The largest absolute Gasteiger partial charge is 0.493 e. The lowest BCUT2D eigenvalue weighted by Crippen LogP contribution is -2.41. The van der Waals surface area contributed by atoms with Gasteiger partial charge in [-0.2, -0.15) is 0 Å². The van der Waals surface area contributed by atoms with E-state index in [0.717, 1.165) is 23.3 Å². The van der Waals surface area contributed by atoms with Crippen LogP contribution in [-0.4, -0.2) is 28.3 Å². The molecule has 0 unspecified atom stereocenters. The maximum absolute atomic E-state index is 12.7. The minimum Gasteiger partial charge on any atom is -0.493 e. The molecule has 1 aromatic heterocycles. The van der Waals surface area contributed by atoms with E-state index in [-0.39, 0.29) is 29.5 Å². The second-order valence-corrected chi connectivity index (χ2v) is 7.17. The molecule has 6 heteroatoms. The molecule has 2 aromatic rings. The Morgan fingerprint density at radius 3 is 2.85 bits per heavy atom. The average Bonchev–Trinajstić information content (AvgIpc) is 3.07. The SMILES string of the molecule is Cn1ccc(C(=O)N[C@@H](c2ccc3c(c2)CCO3)C2CC(O)C2)cc1=O. The first-order chi connectivity index (χ1) is 12.5. The van der Waals surface area contributed by atoms with Gasteiger partial charge in [-0.25, -0.2) is 0 Å². The molecule has 1 aromatic carbocycles. The fraction of sp³-hybridized carbons (Fsp3) is 0.400. The summed E-state index contributed by atoms with van der Waals surface area (Å²) in [6, 6.07) is 8.80. The third kappa shape index (κ3) is 3.12. The van der Waals surface area contributed by atoms with Crippen LogP contribution in [0.3, 0.4) is 0 Å². The van der Waals surface area contributed by atoms with Gasteiger partial charge in [-0.05, 0) is 48.1 Å². The first-order valence-corrected chi connectivity index (χ1v) is 8.92. The normalized spacial score (nSPS) is 22.1. The maximum atomic E-state index is 12.7. The van der Waals surface area contributed by atoms with Gasteiger partial charge in [0.05, 0.1) is 18.8 Å². The zero-order chi connectivity index (χ0) is 18.3. The Morgan fingerprint density at radius 2 is 2.12 bits per heavy atom. The Kier molecular flexibility index (Phi) is 4.28. The summed E-state index contributed by atoms with van der Waals surface area (Å²) in [6.45, 7) is 0.686. The van der Waals surface area contributed by atoms with Crippen molar-refractivity contribution in [3.8, 4) is 5.75 Å². The number of amides is 1. The topological polar surface area (TPSA) is 80.6 Å². The van der Waals surface area contributed by atoms with Crippen LogP contribution < -0.4 is 15.6 Å². The number of aryl methyl sites for hydroxylation is 1. The molecule has 1 aliphatic carbocycles. The summed E-state index contributed by atoms with van der Waals surface area (Å²) in [4.78, 5) is 24.5. The van der Waals surface area contributed by atoms with E-state index < -0.39 is 0 Å². The molecule has 136 valence electrons. The zero-order valence-electron chi connectivity index (χ0n) is 14.6. The van der Waals surface area contributed by atoms with Gasteiger partial charge in [-0.3, -0.25) is 9.59 Å². The minimum absolute atomic E-state index is 0.181. The van der Waals surface area contributed by atoms with Crippen LogP contribution in [0.15, 0.2) is 41.3 Å². The third-order valence-electron chi connectivity index (χ3n) is 5.35. The van der Waals surface area contributed by atoms with E-state index in [1.165, 1.54) is 10.6 Å². The van der Waals surface area contributed by atoms with E-state index >= 15 is 0 Å². The van der Waals surface area contributed by atoms with Crippen LogP contribution in [0, 0.1) is 5.92 Å². The number of carbonyl (C=O) groups excluding carboxylic acids is 1. The van der Waals surface area contributed by atoms with E-state index in [1.54, 1.807) is 19.3 Å². The smallest absolute Gasteiger partial charge is 0.252 e. The summed E-state index contributed by atoms with van der Waals surface area (Å²) in [5.41, 5.74) is 2.30. The molecular formula is C20H22N2O4. The van der Waals surface area contributed by atoms with Crippen LogP contribution in [0.1, 0.15) is 40.4 Å². The van der Waals surface area contributed by atoms with E-state index in [2.05, 4.69) is 11.4 Å². The highest BCUT2D eigenvalue weighted by atomic mass is 16.5. The van der Waals surface area contributed by atoms with Crippen LogP contribution in [0.5, 0.6) is 5.75 Å². The lowest BCUT2D eigenvalue weighted by Gasteiger charge is -2.38. The molecule has 6 nitrogen and oxygen atoms in total. The number of aromatic nitrogens is 1. The molecular weight excluding hydrogens is 332 g/mol. The number of fused-ring (bicyclic) bond motifs is 1. The molecule has 0 saturated heterocycles. The van der Waals surface area contributed by atoms with E-state index in [4.69, 9.17) is 4.74 Å². The van der Waals surface area contributed by atoms with Crippen LogP contribution >= 0.6 is 0 Å². The number of aliphatic hydroxyl groups is 1. The maximum Gasteiger partial charge on any atom is 0.252 e. The monoisotopic (exact) mass is 354 g/mol. The van der Waals surface area contributed by atoms with E-state index in [9.17, 15) is 14.7 Å². The van der Waals surface area contributed by atoms with Gasteiger partial charge in [0.2, 0.25) is 0 Å². The summed E-state index contributed by atoms with van der Waals surface area (Å²) in [5.74, 6) is 0.811. The van der Waals surface area contributed by atoms with Crippen molar-refractivity contribution in [2.24, 2.45) is 13.0 Å². The van der Waals surface area contributed by atoms with Crippen molar-refractivity contribution in [3.63, 3.8) is 0 Å². The highest BCUT2D eigenvalue weighted by Crippen LogP contribution is 2.39. The number of pyridine rings is 1. The second kappa shape index (κ2) is 6.61. The number of nitrogens with one attached hydrogen (secondary N) is 1. The summed E-state index contributed by atoms with van der Waals surface area (Å²) >= 11 is 0. The van der Waals surface area contributed by atoms with Gasteiger partial charge >= 0.3 is 0 Å². The van der Waals surface area contributed by atoms with Crippen molar-refractivity contribution in [2.45, 2.75) is 31.4 Å². The molecule has 2 heterocycles. The number of nitrogens with zero attached hydrogens (tertiary/aromatic N) is 1. The van der Waals surface area contributed by atoms with Crippen LogP contribution in [0.4, 0.5) is 0 Å². The van der Waals surface area contributed by atoms with Crippen LogP contribution in [0.2, 0.25) is 0 Å². The number of hydrogen-bond donors (Lipinski definition) is 2. The van der Waals surface area contributed by atoms with Gasteiger partial charge in [0.25, 0.3) is 11.5 Å². The molecule has 26 heavy (non-hydrogen) atoms. The predicted molar refractivity (Wildman–Crippen MR) is 96.3 cm³/mol. The van der Waals surface area contributed by atoms with Crippen molar-refractivity contribution in [3.05, 3.63) is 63.6 Å². The predicted octanol–water partition coefficient (Wildman–Crippen LogP) is 1.56. The summed E-state index contributed by atoms with van der Waals surface area (Å²) in [7, 11) is 1.65. The van der Waals surface area contributed by atoms with Crippen molar-refractivity contribution >= 4 is 5.91 Å². The van der Waals surface area contributed by atoms with Crippen molar-refractivity contribution in [1.82, 2.24) is 9.88 Å².